The normalized spacial score (nSPS) is 10.4. The van der Waals surface area contributed by atoms with Gasteiger partial charge in [0.15, 0.2) is 11.8 Å². The molecule has 50 valence electrons. The van der Waals surface area contributed by atoms with Crippen LogP contribution in [-0.4, -0.2) is 0 Å². The molecule has 0 unspecified atom stereocenters. The molecule has 2 N–H and O–H groups in total. The highest BCUT2D eigenvalue weighted by molar-refractivity contribution is 5.74. The Labute approximate surface area is 57.6 Å². The SMILES string of the molecule is N[n+]1ccc2ccoc2c1. The lowest BCUT2D eigenvalue weighted by molar-refractivity contribution is -0.637. The van der Waals surface area contributed by atoms with Crippen molar-refractivity contribution >= 4 is 11.0 Å². The Morgan fingerprint density at radius 1 is 1.40 bits per heavy atom. The van der Waals surface area contributed by atoms with E-state index in [1.807, 2.05) is 12.1 Å². The van der Waals surface area contributed by atoms with E-state index in [9.17, 15) is 0 Å². The average molecular weight is 135 g/mol. The van der Waals surface area contributed by atoms with Crippen LogP contribution in [0.4, 0.5) is 0 Å². The van der Waals surface area contributed by atoms with Crippen LogP contribution in [0.2, 0.25) is 0 Å². The van der Waals surface area contributed by atoms with Crippen LogP contribution in [0.25, 0.3) is 11.0 Å². The summed E-state index contributed by atoms with van der Waals surface area (Å²) in [6.45, 7) is 0. The van der Waals surface area contributed by atoms with Crippen LogP contribution in [0.15, 0.2) is 35.2 Å². The molecule has 0 aliphatic rings. The fourth-order valence-corrected chi connectivity index (χ4v) is 0.918. The molecule has 0 saturated heterocycles. The minimum absolute atomic E-state index is 0.810. The Hall–Kier alpha value is -1.51. The summed E-state index contributed by atoms with van der Waals surface area (Å²) in [5, 5.41) is 1.07. The van der Waals surface area contributed by atoms with Gasteiger partial charge < -0.3 is 4.42 Å². The van der Waals surface area contributed by atoms with E-state index in [4.69, 9.17) is 10.3 Å². The molecule has 2 heterocycles. The molecule has 0 atom stereocenters. The summed E-state index contributed by atoms with van der Waals surface area (Å²) in [5.41, 5.74) is 0.810. The molecule has 2 aromatic heterocycles. The van der Waals surface area contributed by atoms with E-state index in [1.54, 1.807) is 18.7 Å². The summed E-state index contributed by atoms with van der Waals surface area (Å²) in [6.07, 6.45) is 5.15. The Balaban J connectivity index is 2.86. The van der Waals surface area contributed by atoms with Crippen molar-refractivity contribution in [1.29, 1.82) is 0 Å². The molecule has 0 radical (unpaired) electrons. The standard InChI is InChI=1S/C7H7N2O/c8-9-3-1-6-2-4-10-7(6)5-9/h1-5H,8H2/q+1. The maximum atomic E-state index is 5.44. The van der Waals surface area contributed by atoms with Gasteiger partial charge in [-0.2, -0.15) is 0 Å². The lowest BCUT2D eigenvalue weighted by Gasteiger charge is -1.83. The van der Waals surface area contributed by atoms with Gasteiger partial charge in [0, 0.05) is 11.5 Å². The van der Waals surface area contributed by atoms with Gasteiger partial charge in [-0.3, -0.25) is 0 Å². The second-order valence-electron chi connectivity index (χ2n) is 2.13. The van der Waals surface area contributed by atoms with E-state index in [0.29, 0.717) is 0 Å². The zero-order valence-electron chi connectivity index (χ0n) is 5.32. The molecular formula is C7H7N2O+. The van der Waals surface area contributed by atoms with Gasteiger partial charge in [-0.1, -0.05) is 4.68 Å². The van der Waals surface area contributed by atoms with Crippen molar-refractivity contribution in [3.8, 4) is 0 Å². The van der Waals surface area contributed by atoms with Gasteiger partial charge >= 0.3 is 0 Å². The van der Waals surface area contributed by atoms with Crippen LogP contribution in [0.1, 0.15) is 0 Å². The van der Waals surface area contributed by atoms with Crippen LogP contribution < -0.4 is 10.5 Å². The molecule has 2 rings (SSSR count). The highest BCUT2D eigenvalue weighted by Gasteiger charge is 1.99. The summed E-state index contributed by atoms with van der Waals surface area (Å²) in [6, 6.07) is 3.80. The number of nitrogen functional groups attached to an aromatic ring is 1. The van der Waals surface area contributed by atoms with E-state index >= 15 is 0 Å². The number of pyridine rings is 1. The third-order valence-electron chi connectivity index (χ3n) is 1.42. The highest BCUT2D eigenvalue weighted by Crippen LogP contribution is 2.10. The van der Waals surface area contributed by atoms with E-state index in [2.05, 4.69) is 0 Å². The van der Waals surface area contributed by atoms with Crippen LogP contribution in [-0.2, 0) is 0 Å². The Kier molecular flexibility index (Phi) is 0.917. The van der Waals surface area contributed by atoms with Crippen molar-refractivity contribution in [2.45, 2.75) is 0 Å². The van der Waals surface area contributed by atoms with Crippen molar-refractivity contribution in [3.05, 3.63) is 30.8 Å². The van der Waals surface area contributed by atoms with E-state index in [1.165, 1.54) is 4.68 Å². The first-order valence-corrected chi connectivity index (χ1v) is 3.00. The molecule has 0 bridgehead atoms. The third-order valence-corrected chi connectivity index (χ3v) is 1.42. The Bertz CT molecular complexity index is 353. The zero-order valence-corrected chi connectivity index (χ0v) is 5.32. The number of hydrogen-bond donors (Lipinski definition) is 1. The molecule has 0 saturated carbocycles. The predicted octanol–water partition coefficient (Wildman–Crippen LogP) is 0.434. The molecule has 10 heavy (non-hydrogen) atoms. The number of rotatable bonds is 0. The first kappa shape index (κ1) is 5.29. The topological polar surface area (TPSA) is 43.0 Å². The van der Waals surface area contributed by atoms with Crippen LogP contribution >= 0.6 is 0 Å². The molecular weight excluding hydrogens is 128 g/mol. The smallest absolute Gasteiger partial charge is 0.242 e. The van der Waals surface area contributed by atoms with Gasteiger partial charge in [-0.25, -0.2) is 5.84 Å². The van der Waals surface area contributed by atoms with Crippen molar-refractivity contribution in [1.82, 2.24) is 0 Å². The molecule has 0 aliphatic heterocycles. The molecule has 0 amide bonds. The van der Waals surface area contributed by atoms with Gasteiger partial charge in [-0.15, -0.1) is 0 Å². The minimum atomic E-state index is 0.810. The van der Waals surface area contributed by atoms with Gasteiger partial charge in [0.2, 0.25) is 6.20 Å². The summed E-state index contributed by atoms with van der Waals surface area (Å²) in [7, 11) is 0. The lowest BCUT2D eigenvalue weighted by Crippen LogP contribution is -2.43. The second-order valence-corrected chi connectivity index (χ2v) is 2.13. The first-order chi connectivity index (χ1) is 4.86. The van der Waals surface area contributed by atoms with E-state index < -0.39 is 0 Å². The number of nitrogens with zero attached hydrogens (tertiary/aromatic N) is 1. The van der Waals surface area contributed by atoms with Gasteiger partial charge in [0.1, 0.15) is 0 Å². The minimum Gasteiger partial charge on any atom is -0.458 e. The maximum Gasteiger partial charge on any atom is 0.242 e. The van der Waals surface area contributed by atoms with Crippen LogP contribution in [0, 0.1) is 0 Å². The van der Waals surface area contributed by atoms with Crippen molar-refractivity contribution in [2.24, 2.45) is 0 Å². The quantitative estimate of drug-likeness (QED) is 0.420. The average Bonchev–Trinajstić information content (AvgIpc) is 2.33. The predicted molar refractivity (Wildman–Crippen MR) is 36.6 cm³/mol. The molecule has 0 aromatic carbocycles. The number of furan rings is 1. The van der Waals surface area contributed by atoms with Gasteiger partial charge in [0.25, 0.3) is 0 Å². The first-order valence-electron chi connectivity index (χ1n) is 3.00. The van der Waals surface area contributed by atoms with E-state index in [0.717, 1.165) is 11.0 Å². The summed E-state index contributed by atoms with van der Waals surface area (Å²) < 4.78 is 6.56. The fourth-order valence-electron chi connectivity index (χ4n) is 0.918. The molecule has 2 aromatic rings. The number of aromatic nitrogens is 1. The van der Waals surface area contributed by atoms with Crippen LogP contribution in [0.3, 0.4) is 0 Å². The van der Waals surface area contributed by atoms with Crippen LogP contribution in [0.5, 0.6) is 0 Å². The summed E-state index contributed by atoms with van der Waals surface area (Å²) >= 11 is 0. The number of nitrogens with two attached hydrogens (primary N) is 1. The maximum absolute atomic E-state index is 5.44. The largest absolute Gasteiger partial charge is 0.458 e. The Morgan fingerprint density at radius 3 is 3.20 bits per heavy atom. The summed E-state index contributed by atoms with van der Waals surface area (Å²) in [5.74, 6) is 5.44. The van der Waals surface area contributed by atoms with Crippen molar-refractivity contribution in [3.63, 3.8) is 0 Å². The molecule has 3 heteroatoms. The van der Waals surface area contributed by atoms with E-state index in [-0.39, 0.29) is 0 Å². The number of fused-ring (bicyclic) bond motifs is 1. The number of hydrogen-bond acceptors (Lipinski definition) is 2. The second kappa shape index (κ2) is 1.73. The molecule has 0 fully saturated rings. The summed E-state index contributed by atoms with van der Waals surface area (Å²) in [4.78, 5) is 0. The van der Waals surface area contributed by atoms with Crippen molar-refractivity contribution in [2.75, 3.05) is 5.84 Å². The third kappa shape index (κ3) is 0.639. The fraction of sp³-hybridized carbons (Fsp3) is 0. The Morgan fingerprint density at radius 2 is 2.30 bits per heavy atom. The monoisotopic (exact) mass is 135 g/mol. The lowest BCUT2D eigenvalue weighted by atomic mass is 10.3. The zero-order chi connectivity index (χ0) is 6.97. The van der Waals surface area contributed by atoms with Crippen molar-refractivity contribution < 1.29 is 9.09 Å². The molecule has 0 spiro atoms. The highest BCUT2D eigenvalue weighted by atomic mass is 16.3. The molecule has 0 aliphatic carbocycles. The van der Waals surface area contributed by atoms with Gasteiger partial charge in [0.05, 0.1) is 6.26 Å². The van der Waals surface area contributed by atoms with Gasteiger partial charge in [-0.05, 0) is 6.07 Å². The molecule has 3 nitrogen and oxygen atoms in total.